The molecule has 0 radical (unpaired) electrons. The lowest BCUT2D eigenvalue weighted by atomic mass is 9.84. The Labute approximate surface area is 150 Å². The quantitative estimate of drug-likeness (QED) is 0.415. The van der Waals surface area contributed by atoms with Crippen LogP contribution in [-0.2, 0) is 4.79 Å². The van der Waals surface area contributed by atoms with Gasteiger partial charge in [0.25, 0.3) is 0 Å². The fraction of sp³-hybridized carbons (Fsp3) is 0.762. The Balaban J connectivity index is 1.59. The van der Waals surface area contributed by atoms with Crippen molar-refractivity contribution in [2.75, 3.05) is 0 Å². The molecule has 0 heterocycles. The Hall–Kier alpha value is -1.31. The maximum Gasteiger partial charge on any atom is 0.303 e. The summed E-state index contributed by atoms with van der Waals surface area (Å²) in [6.45, 7) is 0. The van der Waals surface area contributed by atoms with Gasteiger partial charge in [0.2, 0.25) is 0 Å². The molecule has 3 rings (SSSR count). The second-order valence-electron chi connectivity index (χ2n) is 8.17. The van der Waals surface area contributed by atoms with Crippen LogP contribution in [-0.4, -0.2) is 33.0 Å². The molecule has 0 saturated heterocycles. The van der Waals surface area contributed by atoms with Gasteiger partial charge in [-0.15, -0.1) is 0 Å². The number of carbonyl (C=O) groups is 1. The Bertz CT molecular complexity index is 576. The van der Waals surface area contributed by atoms with Crippen LogP contribution in [0.25, 0.3) is 0 Å². The zero-order valence-electron chi connectivity index (χ0n) is 14.9. The highest BCUT2D eigenvalue weighted by Gasteiger charge is 2.45. The number of allylic oxidation sites excluding steroid dienone is 2. The number of aliphatic hydroxyl groups excluding tert-OH is 1. The monoisotopic (exact) mass is 346 g/mol. The molecule has 0 spiro atoms. The van der Waals surface area contributed by atoms with Crippen molar-refractivity contribution in [2.45, 2.75) is 82.3 Å². The average molecular weight is 346 g/mol. The van der Waals surface area contributed by atoms with Gasteiger partial charge in [-0.2, -0.15) is 0 Å². The standard InChI is InChI=1S/C21H30O4/c22-19-14-16-12-15(6-2-3-7-20(23)24)13-18(16)17(19)8-11-21(25)9-4-1-5-10-21/h6,16-19,22,25H,1-5,7,9-10,12-14H2,(H,23,24)/b15-6+/t16-,17+,18-,19-/m0/s1. The van der Waals surface area contributed by atoms with E-state index in [1.54, 1.807) is 0 Å². The van der Waals surface area contributed by atoms with Crippen molar-refractivity contribution in [2.24, 2.45) is 17.8 Å². The number of fused-ring (bicyclic) bond motifs is 1. The molecule has 4 heteroatoms. The van der Waals surface area contributed by atoms with Gasteiger partial charge >= 0.3 is 5.97 Å². The maximum absolute atomic E-state index is 10.6. The highest BCUT2D eigenvalue weighted by molar-refractivity contribution is 5.66. The summed E-state index contributed by atoms with van der Waals surface area (Å²) in [6.07, 6.45) is 11.1. The number of carboxylic acid groups (broad SMARTS) is 1. The van der Waals surface area contributed by atoms with Crippen LogP contribution in [0.2, 0.25) is 0 Å². The first-order chi connectivity index (χ1) is 12.0. The van der Waals surface area contributed by atoms with Gasteiger partial charge in [-0.25, -0.2) is 0 Å². The number of hydrogen-bond donors (Lipinski definition) is 3. The van der Waals surface area contributed by atoms with Crippen LogP contribution < -0.4 is 0 Å². The third-order valence-electron chi connectivity index (χ3n) is 6.23. The van der Waals surface area contributed by atoms with E-state index < -0.39 is 11.6 Å². The lowest BCUT2D eigenvalue weighted by molar-refractivity contribution is -0.137. The second kappa shape index (κ2) is 7.93. The van der Waals surface area contributed by atoms with Gasteiger partial charge in [-0.05, 0) is 69.6 Å². The topological polar surface area (TPSA) is 77.8 Å². The minimum absolute atomic E-state index is 0.0270. The summed E-state index contributed by atoms with van der Waals surface area (Å²) in [7, 11) is 0. The van der Waals surface area contributed by atoms with E-state index in [2.05, 4.69) is 17.9 Å². The molecular formula is C21H30O4. The zero-order chi connectivity index (χ0) is 17.9. The van der Waals surface area contributed by atoms with E-state index in [0.717, 1.165) is 51.4 Å². The third-order valence-corrected chi connectivity index (χ3v) is 6.23. The molecule has 0 aromatic heterocycles. The number of unbranched alkanes of at least 4 members (excludes halogenated alkanes) is 1. The van der Waals surface area contributed by atoms with Gasteiger partial charge < -0.3 is 15.3 Å². The molecule has 25 heavy (non-hydrogen) atoms. The SMILES string of the molecule is O=C(O)CCC/C=C1\C[C@H]2C[C@H](O)[C@H](C#CC3(O)CCCCC3)[C@H]2C1. The van der Waals surface area contributed by atoms with Crippen molar-refractivity contribution >= 4 is 5.97 Å². The molecule has 0 aliphatic heterocycles. The Morgan fingerprint density at radius 3 is 2.72 bits per heavy atom. The van der Waals surface area contributed by atoms with Gasteiger partial charge in [0, 0.05) is 12.3 Å². The summed E-state index contributed by atoms with van der Waals surface area (Å²) in [6, 6.07) is 0. The second-order valence-corrected chi connectivity index (χ2v) is 8.17. The third kappa shape index (κ3) is 4.65. The van der Waals surface area contributed by atoms with Crippen LogP contribution in [0.15, 0.2) is 11.6 Å². The smallest absolute Gasteiger partial charge is 0.303 e. The first-order valence-corrected chi connectivity index (χ1v) is 9.80. The Morgan fingerprint density at radius 2 is 2.00 bits per heavy atom. The van der Waals surface area contributed by atoms with Crippen molar-refractivity contribution in [3.63, 3.8) is 0 Å². The molecule has 0 bridgehead atoms. The largest absolute Gasteiger partial charge is 0.481 e. The number of aliphatic carboxylic acids is 1. The number of hydrogen-bond acceptors (Lipinski definition) is 3. The molecule has 0 aromatic rings. The minimum Gasteiger partial charge on any atom is -0.481 e. The molecule has 3 saturated carbocycles. The minimum atomic E-state index is -0.843. The lowest BCUT2D eigenvalue weighted by Gasteiger charge is -2.27. The Morgan fingerprint density at radius 1 is 1.24 bits per heavy atom. The highest BCUT2D eigenvalue weighted by atomic mass is 16.4. The number of aliphatic hydroxyl groups is 2. The molecule has 0 amide bonds. The Kier molecular flexibility index (Phi) is 5.86. The summed E-state index contributed by atoms with van der Waals surface area (Å²) in [5, 5.41) is 29.7. The van der Waals surface area contributed by atoms with E-state index >= 15 is 0 Å². The molecule has 4 atom stereocenters. The van der Waals surface area contributed by atoms with Gasteiger partial charge in [0.05, 0.1) is 6.10 Å². The van der Waals surface area contributed by atoms with Crippen LogP contribution >= 0.6 is 0 Å². The van der Waals surface area contributed by atoms with E-state index in [1.807, 2.05) is 0 Å². The fourth-order valence-corrected chi connectivity index (χ4v) is 4.87. The molecule has 0 aromatic carbocycles. The van der Waals surface area contributed by atoms with Gasteiger partial charge in [-0.1, -0.05) is 29.9 Å². The number of carboxylic acids is 1. The lowest BCUT2D eigenvalue weighted by Crippen LogP contribution is -2.30. The maximum atomic E-state index is 10.6. The number of rotatable bonds is 4. The van der Waals surface area contributed by atoms with Crippen LogP contribution in [0, 0.1) is 29.6 Å². The van der Waals surface area contributed by atoms with Crippen molar-refractivity contribution < 1.29 is 20.1 Å². The van der Waals surface area contributed by atoms with Gasteiger partial charge in [-0.3, -0.25) is 4.79 Å². The van der Waals surface area contributed by atoms with Crippen molar-refractivity contribution in [3.8, 4) is 11.8 Å². The van der Waals surface area contributed by atoms with E-state index in [9.17, 15) is 15.0 Å². The molecule has 3 aliphatic rings. The predicted molar refractivity (Wildman–Crippen MR) is 95.7 cm³/mol. The summed E-state index contributed by atoms with van der Waals surface area (Å²) in [5.74, 6) is 6.50. The van der Waals surface area contributed by atoms with Crippen LogP contribution in [0.1, 0.15) is 70.6 Å². The molecule has 0 unspecified atom stereocenters. The molecule has 138 valence electrons. The van der Waals surface area contributed by atoms with E-state index in [4.69, 9.17) is 5.11 Å². The highest BCUT2D eigenvalue weighted by Crippen LogP contribution is 2.50. The van der Waals surface area contributed by atoms with Gasteiger partial charge in [0.15, 0.2) is 0 Å². The fourth-order valence-electron chi connectivity index (χ4n) is 4.87. The van der Waals surface area contributed by atoms with Crippen molar-refractivity contribution in [1.82, 2.24) is 0 Å². The van der Waals surface area contributed by atoms with E-state index in [-0.39, 0.29) is 18.4 Å². The molecule has 3 N–H and O–H groups in total. The summed E-state index contributed by atoms with van der Waals surface area (Å²) in [4.78, 5) is 10.6. The average Bonchev–Trinajstić information content (AvgIpc) is 3.07. The zero-order valence-corrected chi connectivity index (χ0v) is 14.9. The van der Waals surface area contributed by atoms with E-state index in [1.165, 1.54) is 12.0 Å². The van der Waals surface area contributed by atoms with Gasteiger partial charge in [0.1, 0.15) is 5.60 Å². The first-order valence-electron chi connectivity index (χ1n) is 9.80. The molecule has 3 aliphatic carbocycles. The van der Waals surface area contributed by atoms with Crippen molar-refractivity contribution in [1.29, 1.82) is 0 Å². The summed E-state index contributed by atoms with van der Waals surface area (Å²) >= 11 is 0. The molecule has 4 nitrogen and oxygen atoms in total. The molecule has 3 fully saturated rings. The first kappa shape index (κ1) is 18.5. The van der Waals surface area contributed by atoms with Crippen LogP contribution in [0.4, 0.5) is 0 Å². The molecular weight excluding hydrogens is 316 g/mol. The van der Waals surface area contributed by atoms with Crippen LogP contribution in [0.5, 0.6) is 0 Å². The van der Waals surface area contributed by atoms with E-state index in [0.29, 0.717) is 18.3 Å². The van der Waals surface area contributed by atoms with Crippen LogP contribution in [0.3, 0.4) is 0 Å². The predicted octanol–water partition coefficient (Wildman–Crippen LogP) is 3.27. The summed E-state index contributed by atoms with van der Waals surface area (Å²) in [5.41, 5.74) is 0.555. The summed E-state index contributed by atoms with van der Waals surface area (Å²) < 4.78 is 0. The normalized spacial score (nSPS) is 35.2. The van der Waals surface area contributed by atoms with Crippen molar-refractivity contribution in [3.05, 3.63) is 11.6 Å².